The van der Waals surface area contributed by atoms with E-state index in [4.69, 9.17) is 0 Å². The van der Waals surface area contributed by atoms with E-state index in [9.17, 15) is 9.59 Å². The molecule has 0 bridgehead atoms. The van der Waals surface area contributed by atoms with Gasteiger partial charge in [0.1, 0.15) is 5.37 Å². The highest BCUT2D eigenvalue weighted by Crippen LogP contribution is 2.39. The molecule has 1 heterocycles. The van der Waals surface area contributed by atoms with Gasteiger partial charge in [0.15, 0.2) is 0 Å². The Morgan fingerprint density at radius 3 is 2.30 bits per heavy atom. The minimum absolute atomic E-state index is 0.0296. The van der Waals surface area contributed by atoms with Crippen LogP contribution in [0.5, 0.6) is 0 Å². The van der Waals surface area contributed by atoms with Gasteiger partial charge in [-0.15, -0.1) is 11.8 Å². The Morgan fingerprint density at radius 2 is 1.63 bits per heavy atom. The molecule has 1 fully saturated rings. The van der Waals surface area contributed by atoms with Gasteiger partial charge in [-0.05, 0) is 35.7 Å². The zero-order valence-corrected chi connectivity index (χ0v) is 17.6. The van der Waals surface area contributed by atoms with Crippen LogP contribution in [0, 0.1) is 0 Å². The normalized spacial score (nSPS) is 17.0. The minimum atomic E-state index is -0.103. The first-order valence-corrected chi connectivity index (χ1v) is 11.1. The van der Waals surface area contributed by atoms with Gasteiger partial charge in [0.05, 0.1) is 11.8 Å². The van der Waals surface area contributed by atoms with Gasteiger partial charge < -0.3 is 10.2 Å². The van der Waals surface area contributed by atoms with Gasteiger partial charge in [0.2, 0.25) is 5.91 Å². The first-order valence-electron chi connectivity index (χ1n) is 10.0. The minimum Gasteiger partial charge on any atom is -0.346 e. The highest BCUT2D eigenvalue weighted by Gasteiger charge is 2.32. The number of nitrogens with one attached hydrogen (secondary N) is 1. The van der Waals surface area contributed by atoms with Gasteiger partial charge in [0, 0.05) is 12.1 Å². The van der Waals surface area contributed by atoms with Crippen molar-refractivity contribution in [3.8, 4) is 0 Å². The second kappa shape index (κ2) is 9.18. The number of thioether (sulfide) groups is 1. The number of hydrogen-bond acceptors (Lipinski definition) is 3. The van der Waals surface area contributed by atoms with Crippen molar-refractivity contribution in [3.05, 3.63) is 107 Å². The molecule has 152 valence electrons. The van der Waals surface area contributed by atoms with E-state index in [-0.39, 0.29) is 23.2 Å². The fourth-order valence-corrected chi connectivity index (χ4v) is 4.77. The zero-order chi connectivity index (χ0) is 20.9. The van der Waals surface area contributed by atoms with Gasteiger partial charge in [-0.2, -0.15) is 0 Å². The van der Waals surface area contributed by atoms with Crippen LogP contribution < -0.4 is 5.32 Å². The molecular weight excluding hydrogens is 392 g/mol. The summed E-state index contributed by atoms with van der Waals surface area (Å²) in [5.41, 5.74) is 3.84. The Hall–Kier alpha value is -3.05. The molecule has 5 heteroatoms. The van der Waals surface area contributed by atoms with Crippen LogP contribution in [0.25, 0.3) is 0 Å². The molecule has 0 spiro atoms. The molecule has 0 aliphatic carbocycles. The molecule has 1 aliphatic heterocycles. The molecule has 0 aromatic heterocycles. The summed E-state index contributed by atoms with van der Waals surface area (Å²) < 4.78 is 0. The molecule has 3 aromatic carbocycles. The van der Waals surface area contributed by atoms with E-state index in [0.29, 0.717) is 17.9 Å². The van der Waals surface area contributed by atoms with Gasteiger partial charge >= 0.3 is 0 Å². The van der Waals surface area contributed by atoms with Gasteiger partial charge in [-0.3, -0.25) is 9.59 Å². The van der Waals surface area contributed by atoms with Crippen LogP contribution in [0.2, 0.25) is 0 Å². The monoisotopic (exact) mass is 416 g/mol. The number of nitrogens with zero attached hydrogens (tertiary/aromatic N) is 1. The third kappa shape index (κ3) is 4.57. The number of hydrogen-bond donors (Lipinski definition) is 1. The maximum atomic E-state index is 12.6. The lowest BCUT2D eigenvalue weighted by Crippen LogP contribution is -2.28. The average molecular weight is 417 g/mol. The fourth-order valence-electron chi connectivity index (χ4n) is 3.59. The number of amides is 2. The van der Waals surface area contributed by atoms with Gasteiger partial charge in [-0.25, -0.2) is 0 Å². The molecule has 0 saturated carbocycles. The Kier molecular flexibility index (Phi) is 6.19. The molecule has 2 atom stereocenters. The highest BCUT2D eigenvalue weighted by molar-refractivity contribution is 8.00. The maximum Gasteiger partial charge on any atom is 0.251 e. The fraction of sp³-hybridized carbons (Fsp3) is 0.200. The second-order valence-electron chi connectivity index (χ2n) is 7.40. The molecule has 2 unspecified atom stereocenters. The van der Waals surface area contributed by atoms with Crippen molar-refractivity contribution in [1.82, 2.24) is 10.2 Å². The van der Waals surface area contributed by atoms with E-state index in [1.54, 1.807) is 11.8 Å². The number of rotatable bonds is 6. The number of carbonyl (C=O) groups excluding carboxylic acids is 2. The van der Waals surface area contributed by atoms with E-state index in [1.807, 2.05) is 96.8 Å². The largest absolute Gasteiger partial charge is 0.346 e. The third-order valence-corrected chi connectivity index (χ3v) is 6.53. The summed E-state index contributed by atoms with van der Waals surface area (Å²) in [6, 6.07) is 27.4. The van der Waals surface area contributed by atoms with Gasteiger partial charge in [0.25, 0.3) is 5.91 Å². The number of carbonyl (C=O) groups is 2. The van der Waals surface area contributed by atoms with Crippen molar-refractivity contribution < 1.29 is 9.59 Å². The summed E-state index contributed by atoms with van der Waals surface area (Å²) in [6.07, 6.45) is 0. The number of benzene rings is 3. The first-order chi connectivity index (χ1) is 14.6. The van der Waals surface area contributed by atoms with E-state index < -0.39 is 0 Å². The van der Waals surface area contributed by atoms with Crippen LogP contribution in [-0.4, -0.2) is 22.5 Å². The highest BCUT2D eigenvalue weighted by atomic mass is 32.2. The van der Waals surface area contributed by atoms with Crippen LogP contribution in [0.4, 0.5) is 0 Å². The molecular formula is C25H24N2O2S. The summed E-state index contributed by atoms with van der Waals surface area (Å²) in [6.45, 7) is 2.57. The van der Waals surface area contributed by atoms with Crippen molar-refractivity contribution in [3.63, 3.8) is 0 Å². The summed E-state index contributed by atoms with van der Waals surface area (Å²) in [7, 11) is 0. The smallest absolute Gasteiger partial charge is 0.251 e. The second-order valence-corrected chi connectivity index (χ2v) is 8.47. The topological polar surface area (TPSA) is 49.4 Å². The molecule has 1 N–H and O–H groups in total. The lowest BCUT2D eigenvalue weighted by Gasteiger charge is -2.24. The van der Waals surface area contributed by atoms with Crippen molar-refractivity contribution in [1.29, 1.82) is 0 Å². The van der Waals surface area contributed by atoms with Crippen molar-refractivity contribution in [2.75, 3.05) is 5.75 Å². The quantitative estimate of drug-likeness (QED) is 0.618. The van der Waals surface area contributed by atoms with Crippen molar-refractivity contribution in [2.45, 2.75) is 24.9 Å². The molecule has 2 amide bonds. The predicted octanol–water partition coefficient (Wildman–Crippen LogP) is 4.95. The summed E-state index contributed by atoms with van der Waals surface area (Å²) in [5, 5.41) is 3.01. The zero-order valence-electron chi connectivity index (χ0n) is 16.8. The molecule has 3 aromatic rings. The van der Waals surface area contributed by atoms with Crippen LogP contribution >= 0.6 is 11.8 Å². The first kappa shape index (κ1) is 20.2. The van der Waals surface area contributed by atoms with Crippen LogP contribution in [0.3, 0.4) is 0 Å². The molecule has 4 rings (SSSR count). The molecule has 4 nitrogen and oxygen atoms in total. The summed E-state index contributed by atoms with van der Waals surface area (Å²) in [5.74, 6) is 0.524. The standard InChI is InChI=1S/C25H24N2O2S/c1-18(20-10-6-3-7-11-20)26-24(29)21-12-14-22(15-13-21)25-27(23(28)17-30-25)16-19-8-4-2-5-9-19/h2-15,18,25H,16-17H2,1H3,(H,26,29). The lowest BCUT2D eigenvalue weighted by molar-refractivity contribution is -0.128. The van der Waals surface area contributed by atoms with E-state index in [1.165, 1.54) is 0 Å². The Morgan fingerprint density at radius 1 is 1.00 bits per heavy atom. The molecule has 30 heavy (non-hydrogen) atoms. The lowest BCUT2D eigenvalue weighted by atomic mass is 10.1. The SMILES string of the molecule is CC(NC(=O)c1ccc(C2SCC(=O)N2Cc2ccccc2)cc1)c1ccccc1. The predicted molar refractivity (Wildman–Crippen MR) is 121 cm³/mol. The third-order valence-electron chi connectivity index (χ3n) is 5.27. The summed E-state index contributed by atoms with van der Waals surface area (Å²) in [4.78, 5) is 27.0. The van der Waals surface area contributed by atoms with Gasteiger partial charge in [-0.1, -0.05) is 72.8 Å². The molecule has 1 saturated heterocycles. The Bertz CT molecular complexity index is 1010. The van der Waals surface area contributed by atoms with Crippen molar-refractivity contribution in [2.24, 2.45) is 0 Å². The average Bonchev–Trinajstić information content (AvgIpc) is 3.15. The van der Waals surface area contributed by atoms with Crippen LogP contribution in [0.15, 0.2) is 84.9 Å². The van der Waals surface area contributed by atoms with Crippen LogP contribution in [-0.2, 0) is 11.3 Å². The Labute approximate surface area is 181 Å². The van der Waals surface area contributed by atoms with E-state index in [2.05, 4.69) is 5.32 Å². The Balaban J connectivity index is 1.44. The van der Waals surface area contributed by atoms with Crippen molar-refractivity contribution >= 4 is 23.6 Å². The van der Waals surface area contributed by atoms with E-state index >= 15 is 0 Å². The molecule has 0 radical (unpaired) electrons. The molecule has 1 aliphatic rings. The summed E-state index contributed by atoms with van der Waals surface area (Å²) >= 11 is 1.63. The maximum absolute atomic E-state index is 12.6. The van der Waals surface area contributed by atoms with Crippen LogP contribution in [0.1, 0.15) is 45.4 Å². The van der Waals surface area contributed by atoms with E-state index in [0.717, 1.165) is 16.7 Å².